The molecule has 2 rings (SSSR count). The molecular weight excluding hydrogens is 304 g/mol. The zero-order chi connectivity index (χ0) is 16.8. The van der Waals surface area contributed by atoms with E-state index in [9.17, 15) is 13.6 Å². The van der Waals surface area contributed by atoms with Gasteiger partial charge in [-0.25, -0.2) is 8.78 Å². The first-order valence-corrected chi connectivity index (χ1v) is 6.99. The van der Waals surface area contributed by atoms with E-state index in [1.807, 2.05) is 6.07 Å². The topological polar surface area (TPSA) is 47.6 Å². The number of amides is 1. The fourth-order valence-electron chi connectivity index (χ4n) is 2.16. The van der Waals surface area contributed by atoms with Crippen molar-refractivity contribution in [2.45, 2.75) is 6.42 Å². The van der Waals surface area contributed by atoms with Crippen LogP contribution in [0.15, 0.2) is 36.4 Å². The average molecular weight is 321 g/mol. The molecule has 0 spiro atoms. The molecule has 0 unspecified atom stereocenters. The summed E-state index contributed by atoms with van der Waals surface area (Å²) in [5.41, 5.74) is 0.663. The molecule has 1 amide bonds. The van der Waals surface area contributed by atoms with Crippen molar-refractivity contribution in [2.24, 2.45) is 0 Å². The third kappa shape index (κ3) is 4.18. The van der Waals surface area contributed by atoms with Crippen LogP contribution in [0.2, 0.25) is 0 Å². The molecule has 0 atom stereocenters. The van der Waals surface area contributed by atoms with Gasteiger partial charge < -0.3 is 14.8 Å². The quantitative estimate of drug-likeness (QED) is 0.890. The molecule has 1 N–H and O–H groups in total. The lowest BCUT2D eigenvalue weighted by Gasteiger charge is -2.11. The number of hydrogen-bond donors (Lipinski definition) is 1. The van der Waals surface area contributed by atoms with E-state index in [4.69, 9.17) is 9.47 Å². The normalized spacial score (nSPS) is 10.3. The number of carbonyl (C=O) groups excluding carboxylic acids is 1. The number of methoxy groups -OCH3 is 2. The number of ether oxygens (including phenoxy) is 2. The first-order valence-electron chi connectivity index (χ1n) is 6.99. The Kier molecular flexibility index (Phi) is 5.51. The summed E-state index contributed by atoms with van der Waals surface area (Å²) in [5, 5.41) is 2.60. The van der Waals surface area contributed by atoms with Gasteiger partial charge in [0.25, 0.3) is 5.91 Å². The zero-order valence-electron chi connectivity index (χ0n) is 12.9. The number of benzene rings is 2. The molecule has 2 aromatic rings. The molecule has 0 radical (unpaired) electrons. The minimum Gasteiger partial charge on any atom is -0.497 e. The van der Waals surface area contributed by atoms with Crippen LogP contribution in [0.5, 0.6) is 11.5 Å². The molecule has 4 nitrogen and oxygen atoms in total. The van der Waals surface area contributed by atoms with Crippen molar-refractivity contribution in [1.82, 2.24) is 5.32 Å². The predicted octanol–water partition coefficient (Wildman–Crippen LogP) is 2.95. The van der Waals surface area contributed by atoms with Crippen molar-refractivity contribution in [1.29, 1.82) is 0 Å². The molecule has 0 bridgehead atoms. The van der Waals surface area contributed by atoms with E-state index in [0.29, 0.717) is 24.0 Å². The van der Waals surface area contributed by atoms with Crippen LogP contribution in [-0.4, -0.2) is 26.7 Å². The molecule has 0 aliphatic rings. The Hall–Kier alpha value is -2.63. The van der Waals surface area contributed by atoms with Crippen LogP contribution in [0.3, 0.4) is 0 Å². The number of nitrogens with one attached hydrogen (secondary N) is 1. The maximum atomic E-state index is 13.5. The molecule has 0 saturated heterocycles. The fraction of sp³-hybridized carbons (Fsp3) is 0.235. The fourth-order valence-corrected chi connectivity index (χ4v) is 2.16. The van der Waals surface area contributed by atoms with E-state index in [1.54, 1.807) is 26.4 Å². The van der Waals surface area contributed by atoms with Gasteiger partial charge in [-0.15, -0.1) is 0 Å². The van der Waals surface area contributed by atoms with E-state index >= 15 is 0 Å². The lowest BCUT2D eigenvalue weighted by atomic mass is 10.1. The Morgan fingerprint density at radius 3 is 2.52 bits per heavy atom. The van der Waals surface area contributed by atoms with Crippen LogP contribution < -0.4 is 14.8 Å². The van der Waals surface area contributed by atoms with Crippen molar-refractivity contribution in [3.63, 3.8) is 0 Å². The highest BCUT2D eigenvalue weighted by Gasteiger charge is 2.12. The molecule has 0 aromatic heterocycles. The number of hydrogen-bond acceptors (Lipinski definition) is 3. The first-order chi connectivity index (χ1) is 11.0. The molecule has 0 aliphatic carbocycles. The zero-order valence-corrected chi connectivity index (χ0v) is 12.9. The molecule has 122 valence electrons. The maximum absolute atomic E-state index is 13.5. The third-order valence-electron chi connectivity index (χ3n) is 3.34. The van der Waals surface area contributed by atoms with Gasteiger partial charge in [-0.05, 0) is 42.3 Å². The SMILES string of the molecule is COc1ccc(OC)c(CCNC(=O)c2ccc(F)cc2F)c1. The summed E-state index contributed by atoms with van der Waals surface area (Å²) < 4.78 is 36.8. The second kappa shape index (κ2) is 7.58. The van der Waals surface area contributed by atoms with Gasteiger partial charge in [0.2, 0.25) is 0 Å². The Morgan fingerprint density at radius 1 is 1.09 bits per heavy atom. The van der Waals surface area contributed by atoms with Crippen LogP contribution in [-0.2, 0) is 6.42 Å². The molecule has 2 aromatic carbocycles. The van der Waals surface area contributed by atoms with Gasteiger partial charge in [-0.1, -0.05) is 0 Å². The molecular formula is C17H17F2NO3. The van der Waals surface area contributed by atoms with Gasteiger partial charge >= 0.3 is 0 Å². The molecule has 6 heteroatoms. The Labute approximate surface area is 133 Å². The first kappa shape index (κ1) is 16.7. The summed E-state index contributed by atoms with van der Waals surface area (Å²) in [5.74, 6) is -0.851. The minimum atomic E-state index is -0.888. The van der Waals surface area contributed by atoms with Crippen molar-refractivity contribution in [3.8, 4) is 11.5 Å². The Bertz CT molecular complexity index is 704. The summed E-state index contributed by atoms with van der Waals surface area (Å²) in [6, 6.07) is 8.20. The highest BCUT2D eigenvalue weighted by atomic mass is 19.1. The van der Waals surface area contributed by atoms with Crippen LogP contribution >= 0.6 is 0 Å². The second-order valence-corrected chi connectivity index (χ2v) is 4.81. The number of rotatable bonds is 6. The summed E-state index contributed by atoms with van der Waals surface area (Å²) >= 11 is 0. The van der Waals surface area contributed by atoms with E-state index < -0.39 is 17.5 Å². The molecule has 0 fully saturated rings. The van der Waals surface area contributed by atoms with Crippen molar-refractivity contribution < 1.29 is 23.0 Å². The Morgan fingerprint density at radius 2 is 1.87 bits per heavy atom. The van der Waals surface area contributed by atoms with Crippen LogP contribution in [0.4, 0.5) is 8.78 Å². The van der Waals surface area contributed by atoms with E-state index in [-0.39, 0.29) is 12.1 Å². The Balaban J connectivity index is 2.00. The lowest BCUT2D eigenvalue weighted by molar-refractivity contribution is 0.0950. The summed E-state index contributed by atoms with van der Waals surface area (Å²) in [4.78, 5) is 11.9. The van der Waals surface area contributed by atoms with E-state index in [0.717, 1.165) is 17.7 Å². The van der Waals surface area contributed by atoms with Gasteiger partial charge in [-0.3, -0.25) is 4.79 Å². The van der Waals surface area contributed by atoms with Gasteiger partial charge in [0.15, 0.2) is 0 Å². The van der Waals surface area contributed by atoms with Gasteiger partial charge in [0.1, 0.15) is 23.1 Å². The minimum absolute atomic E-state index is 0.191. The van der Waals surface area contributed by atoms with Crippen LogP contribution in [0.1, 0.15) is 15.9 Å². The van der Waals surface area contributed by atoms with Gasteiger partial charge in [0, 0.05) is 12.6 Å². The standard InChI is InChI=1S/C17H17F2NO3/c1-22-13-4-6-16(23-2)11(9-13)7-8-20-17(21)14-5-3-12(18)10-15(14)19/h3-6,9-10H,7-8H2,1-2H3,(H,20,21). The molecule has 0 heterocycles. The number of halogens is 2. The average Bonchev–Trinajstić information content (AvgIpc) is 2.54. The van der Waals surface area contributed by atoms with E-state index in [2.05, 4.69) is 5.32 Å². The smallest absolute Gasteiger partial charge is 0.254 e. The second-order valence-electron chi connectivity index (χ2n) is 4.81. The summed E-state index contributed by atoms with van der Waals surface area (Å²) in [6.45, 7) is 0.277. The molecule has 0 aliphatic heterocycles. The lowest BCUT2D eigenvalue weighted by Crippen LogP contribution is -2.26. The van der Waals surface area contributed by atoms with Crippen molar-refractivity contribution in [3.05, 3.63) is 59.2 Å². The van der Waals surface area contributed by atoms with Crippen LogP contribution in [0, 0.1) is 11.6 Å². The molecule has 0 saturated carbocycles. The van der Waals surface area contributed by atoms with E-state index in [1.165, 1.54) is 0 Å². The largest absolute Gasteiger partial charge is 0.497 e. The number of carbonyl (C=O) groups is 1. The van der Waals surface area contributed by atoms with Gasteiger partial charge in [-0.2, -0.15) is 0 Å². The highest BCUT2D eigenvalue weighted by Crippen LogP contribution is 2.24. The van der Waals surface area contributed by atoms with Crippen molar-refractivity contribution in [2.75, 3.05) is 20.8 Å². The molecule has 23 heavy (non-hydrogen) atoms. The monoisotopic (exact) mass is 321 g/mol. The third-order valence-corrected chi connectivity index (χ3v) is 3.34. The summed E-state index contributed by atoms with van der Waals surface area (Å²) in [7, 11) is 3.11. The summed E-state index contributed by atoms with van der Waals surface area (Å²) in [6.07, 6.45) is 0.481. The van der Waals surface area contributed by atoms with Gasteiger partial charge in [0.05, 0.1) is 19.8 Å². The van der Waals surface area contributed by atoms with Crippen LogP contribution in [0.25, 0.3) is 0 Å². The predicted molar refractivity (Wildman–Crippen MR) is 81.9 cm³/mol. The van der Waals surface area contributed by atoms with Crippen molar-refractivity contribution >= 4 is 5.91 Å². The maximum Gasteiger partial charge on any atom is 0.254 e. The highest BCUT2D eigenvalue weighted by molar-refractivity contribution is 5.94.